The molecule has 7 nitrogen and oxygen atoms in total. The summed E-state index contributed by atoms with van der Waals surface area (Å²) < 4.78 is 30.3. The zero-order chi connectivity index (χ0) is 21.9. The third-order valence-electron chi connectivity index (χ3n) is 5.33. The SMILES string of the molecule is CC1(C)C(=O)Nc2nc(-c3nn(Cc4ccccc4F)c4ncc(F)cc34)nc(I)c21. The number of hydrogen-bond acceptors (Lipinski definition) is 5. The maximum absolute atomic E-state index is 14.2. The summed E-state index contributed by atoms with van der Waals surface area (Å²) in [5.41, 5.74) is 1.05. The van der Waals surface area contributed by atoms with E-state index in [2.05, 4.69) is 48.0 Å². The van der Waals surface area contributed by atoms with Crippen molar-refractivity contribution in [3.63, 3.8) is 0 Å². The van der Waals surface area contributed by atoms with Crippen molar-refractivity contribution in [3.05, 3.63) is 63.0 Å². The molecule has 1 N–H and O–H groups in total. The molecule has 0 atom stereocenters. The van der Waals surface area contributed by atoms with E-state index in [-0.39, 0.29) is 24.1 Å². The molecule has 1 aliphatic heterocycles. The first-order chi connectivity index (χ1) is 14.8. The van der Waals surface area contributed by atoms with Crippen LogP contribution < -0.4 is 5.32 Å². The third kappa shape index (κ3) is 3.16. The lowest BCUT2D eigenvalue weighted by Gasteiger charge is -2.15. The van der Waals surface area contributed by atoms with Crippen molar-refractivity contribution in [3.8, 4) is 11.5 Å². The highest BCUT2D eigenvalue weighted by Gasteiger charge is 2.42. The molecule has 0 radical (unpaired) electrons. The highest BCUT2D eigenvalue weighted by atomic mass is 127. The molecule has 0 unspecified atom stereocenters. The Morgan fingerprint density at radius 2 is 1.97 bits per heavy atom. The summed E-state index contributed by atoms with van der Waals surface area (Å²) in [7, 11) is 0. The number of carbonyl (C=O) groups excluding carboxylic acids is 1. The molecule has 31 heavy (non-hydrogen) atoms. The molecular weight excluding hydrogens is 517 g/mol. The number of rotatable bonds is 3. The molecule has 1 aliphatic rings. The van der Waals surface area contributed by atoms with E-state index in [1.54, 1.807) is 32.0 Å². The standard InChI is InChI=1S/C21H15F2IN6O/c1-21(2)14-16(24)26-18(27-17(14)28-20(21)31)15-12-7-11(22)8-25-19(12)30(29-15)9-10-5-3-4-6-13(10)23/h3-8H,9H2,1-2H3,(H,26,27,28,31). The van der Waals surface area contributed by atoms with Gasteiger partial charge in [0.25, 0.3) is 0 Å². The van der Waals surface area contributed by atoms with Gasteiger partial charge in [0.15, 0.2) is 11.5 Å². The van der Waals surface area contributed by atoms with E-state index in [1.807, 2.05) is 0 Å². The van der Waals surface area contributed by atoms with Gasteiger partial charge < -0.3 is 5.32 Å². The van der Waals surface area contributed by atoms with Gasteiger partial charge in [-0.1, -0.05) is 18.2 Å². The number of fused-ring (bicyclic) bond motifs is 2. The fraction of sp³-hybridized carbons (Fsp3) is 0.190. The molecular formula is C21H15F2IN6O. The van der Waals surface area contributed by atoms with Crippen LogP contribution in [-0.2, 0) is 16.8 Å². The van der Waals surface area contributed by atoms with Gasteiger partial charge >= 0.3 is 0 Å². The van der Waals surface area contributed by atoms with Crippen molar-refractivity contribution >= 4 is 45.3 Å². The van der Waals surface area contributed by atoms with Gasteiger partial charge in [0.2, 0.25) is 5.91 Å². The van der Waals surface area contributed by atoms with E-state index in [1.165, 1.54) is 16.8 Å². The van der Waals surface area contributed by atoms with E-state index in [0.29, 0.717) is 37.4 Å². The van der Waals surface area contributed by atoms with E-state index in [0.717, 1.165) is 6.20 Å². The fourth-order valence-electron chi connectivity index (χ4n) is 3.66. The number of amides is 1. The van der Waals surface area contributed by atoms with E-state index >= 15 is 0 Å². The van der Waals surface area contributed by atoms with Crippen LogP contribution in [0.5, 0.6) is 0 Å². The number of anilines is 1. The first kappa shape index (κ1) is 19.9. The molecule has 1 amide bonds. The Morgan fingerprint density at radius 3 is 2.74 bits per heavy atom. The average Bonchev–Trinajstić information content (AvgIpc) is 3.17. The minimum atomic E-state index is -0.760. The zero-order valence-corrected chi connectivity index (χ0v) is 18.6. The van der Waals surface area contributed by atoms with Crippen LogP contribution >= 0.6 is 22.6 Å². The Kier molecular flexibility index (Phi) is 4.50. The summed E-state index contributed by atoms with van der Waals surface area (Å²) in [5, 5.41) is 7.72. The molecule has 10 heteroatoms. The molecule has 4 aromatic rings. The minimum Gasteiger partial charge on any atom is -0.310 e. The van der Waals surface area contributed by atoms with Crippen molar-refractivity contribution < 1.29 is 13.6 Å². The lowest BCUT2D eigenvalue weighted by atomic mass is 9.88. The average molecular weight is 532 g/mol. The van der Waals surface area contributed by atoms with Crippen LogP contribution in [0.2, 0.25) is 0 Å². The molecule has 4 heterocycles. The number of pyridine rings is 1. The second-order valence-corrected chi connectivity index (χ2v) is 8.78. The number of nitrogens with one attached hydrogen (secondary N) is 1. The maximum atomic E-state index is 14.2. The second kappa shape index (κ2) is 7.01. The highest BCUT2D eigenvalue weighted by Crippen LogP contribution is 2.40. The Bertz CT molecular complexity index is 1380. The molecule has 3 aromatic heterocycles. The number of carbonyl (C=O) groups is 1. The molecule has 0 fully saturated rings. The number of benzene rings is 1. The molecule has 0 bridgehead atoms. The van der Waals surface area contributed by atoms with Gasteiger partial charge in [0, 0.05) is 11.1 Å². The van der Waals surface area contributed by atoms with Crippen LogP contribution in [0.15, 0.2) is 36.5 Å². The largest absolute Gasteiger partial charge is 0.310 e. The van der Waals surface area contributed by atoms with Crippen LogP contribution in [0.1, 0.15) is 25.0 Å². The monoisotopic (exact) mass is 532 g/mol. The molecule has 5 rings (SSSR count). The summed E-state index contributed by atoms with van der Waals surface area (Å²) in [6, 6.07) is 7.65. The predicted molar refractivity (Wildman–Crippen MR) is 118 cm³/mol. The number of aromatic nitrogens is 5. The van der Waals surface area contributed by atoms with Gasteiger partial charge in [-0.15, -0.1) is 0 Å². The predicted octanol–water partition coefficient (Wildman–Crippen LogP) is 4.05. The van der Waals surface area contributed by atoms with Crippen molar-refractivity contribution in [2.45, 2.75) is 25.8 Å². The van der Waals surface area contributed by atoms with Crippen LogP contribution in [0.3, 0.4) is 0 Å². The van der Waals surface area contributed by atoms with Crippen LogP contribution in [-0.4, -0.2) is 30.6 Å². The van der Waals surface area contributed by atoms with E-state index in [4.69, 9.17) is 0 Å². The van der Waals surface area contributed by atoms with Crippen molar-refractivity contribution in [1.29, 1.82) is 0 Å². The second-order valence-electron chi connectivity index (χ2n) is 7.76. The Morgan fingerprint density at radius 1 is 1.19 bits per heavy atom. The highest BCUT2D eigenvalue weighted by molar-refractivity contribution is 14.1. The summed E-state index contributed by atoms with van der Waals surface area (Å²) in [6.45, 7) is 3.71. The molecule has 0 saturated carbocycles. The van der Waals surface area contributed by atoms with E-state index < -0.39 is 11.2 Å². The van der Waals surface area contributed by atoms with Crippen LogP contribution in [0, 0.1) is 15.3 Å². The molecule has 0 aliphatic carbocycles. The summed E-state index contributed by atoms with van der Waals surface area (Å²) >= 11 is 2.06. The quantitative estimate of drug-likeness (QED) is 0.318. The lowest BCUT2D eigenvalue weighted by Crippen LogP contribution is -2.27. The van der Waals surface area contributed by atoms with Crippen LogP contribution in [0.25, 0.3) is 22.6 Å². The first-order valence-corrected chi connectivity index (χ1v) is 10.5. The maximum Gasteiger partial charge on any atom is 0.235 e. The zero-order valence-electron chi connectivity index (χ0n) is 16.4. The smallest absolute Gasteiger partial charge is 0.235 e. The number of halogens is 3. The molecule has 0 spiro atoms. The fourth-order valence-corrected chi connectivity index (χ4v) is 4.82. The third-order valence-corrected chi connectivity index (χ3v) is 6.11. The van der Waals surface area contributed by atoms with Gasteiger partial charge in [0.1, 0.15) is 26.8 Å². The Hall–Kier alpha value is -3.02. The van der Waals surface area contributed by atoms with Crippen LogP contribution in [0.4, 0.5) is 14.6 Å². The van der Waals surface area contributed by atoms with Crippen molar-refractivity contribution in [2.24, 2.45) is 0 Å². The first-order valence-electron chi connectivity index (χ1n) is 9.41. The normalized spacial score (nSPS) is 14.7. The van der Waals surface area contributed by atoms with Crippen molar-refractivity contribution in [1.82, 2.24) is 24.7 Å². The topological polar surface area (TPSA) is 85.6 Å². The minimum absolute atomic E-state index is 0.105. The lowest BCUT2D eigenvalue weighted by molar-refractivity contribution is -0.119. The molecule has 1 aromatic carbocycles. The Labute approximate surface area is 189 Å². The van der Waals surface area contributed by atoms with Crippen molar-refractivity contribution in [2.75, 3.05) is 5.32 Å². The summed E-state index contributed by atoms with van der Waals surface area (Å²) in [5.74, 6) is -0.446. The van der Waals surface area contributed by atoms with Gasteiger partial charge in [0.05, 0.1) is 23.5 Å². The summed E-state index contributed by atoms with van der Waals surface area (Å²) in [4.78, 5) is 25.6. The Balaban J connectivity index is 1.69. The number of nitrogens with zero attached hydrogens (tertiary/aromatic N) is 5. The molecule has 156 valence electrons. The summed E-state index contributed by atoms with van der Waals surface area (Å²) in [6.07, 6.45) is 1.09. The van der Waals surface area contributed by atoms with E-state index in [9.17, 15) is 13.6 Å². The van der Waals surface area contributed by atoms with Gasteiger partial charge in [-0.05, 0) is 48.6 Å². The van der Waals surface area contributed by atoms with Gasteiger partial charge in [-0.3, -0.25) is 4.79 Å². The number of hydrogen-bond donors (Lipinski definition) is 1. The van der Waals surface area contributed by atoms with Gasteiger partial charge in [-0.25, -0.2) is 28.4 Å². The van der Waals surface area contributed by atoms with Gasteiger partial charge in [-0.2, -0.15) is 5.10 Å². The molecule has 0 saturated heterocycles.